The number of rotatable bonds is 9. The Morgan fingerprint density at radius 2 is 2.00 bits per heavy atom. The first kappa shape index (κ1) is 25.5. The van der Waals surface area contributed by atoms with Crippen LogP contribution in [0.4, 0.5) is 30.6 Å². The Morgan fingerprint density at radius 1 is 1.30 bits per heavy atom. The second-order valence-electron chi connectivity index (χ2n) is 7.18. The van der Waals surface area contributed by atoms with Crippen molar-refractivity contribution in [2.45, 2.75) is 19.1 Å². The van der Waals surface area contributed by atoms with Gasteiger partial charge in [0.15, 0.2) is 11.4 Å². The maximum Gasteiger partial charge on any atom is 0.416 e. The van der Waals surface area contributed by atoms with E-state index in [1.165, 1.54) is 20.1 Å². The second-order valence-corrected chi connectivity index (χ2v) is 7.18. The number of nitrogens with two attached hydrogens (primary N) is 1. The van der Waals surface area contributed by atoms with Crippen molar-refractivity contribution >= 4 is 23.4 Å². The van der Waals surface area contributed by atoms with Crippen LogP contribution in [0.25, 0.3) is 0 Å². The highest BCUT2D eigenvalue weighted by Gasteiger charge is 2.32. The fraction of sp³-hybridized carbons (Fsp3) is 0.400. The molecule has 0 spiro atoms. The molecule has 0 aliphatic rings. The molecule has 178 valence electrons. The summed E-state index contributed by atoms with van der Waals surface area (Å²) in [6, 6.07) is 3.91. The fourth-order valence-electron chi connectivity index (χ4n) is 2.61. The SMILES string of the molecule is COc1nc(N)nc(NC(=O)[C@H](C)Nc2cc(OCCN(C)C)cc(C(F)(F)F)c2)c1C#N. The van der Waals surface area contributed by atoms with Gasteiger partial charge in [0.1, 0.15) is 24.5 Å². The van der Waals surface area contributed by atoms with Crippen molar-refractivity contribution in [1.29, 1.82) is 5.26 Å². The number of ether oxygens (including phenoxy) is 2. The molecule has 1 aromatic heterocycles. The molecule has 1 atom stereocenters. The minimum Gasteiger partial charge on any atom is -0.492 e. The summed E-state index contributed by atoms with van der Waals surface area (Å²) in [7, 11) is 4.88. The molecule has 2 rings (SSSR count). The molecule has 0 fully saturated rings. The van der Waals surface area contributed by atoms with Gasteiger partial charge in [-0.25, -0.2) is 0 Å². The third-order valence-corrected chi connectivity index (χ3v) is 4.26. The predicted octanol–water partition coefficient (Wildman–Crippen LogP) is 2.34. The van der Waals surface area contributed by atoms with Crippen molar-refractivity contribution in [1.82, 2.24) is 14.9 Å². The number of nitrogens with one attached hydrogen (secondary N) is 2. The summed E-state index contributed by atoms with van der Waals surface area (Å²) in [6.45, 7) is 2.11. The fourth-order valence-corrected chi connectivity index (χ4v) is 2.61. The molecule has 0 radical (unpaired) electrons. The normalized spacial score (nSPS) is 12.1. The van der Waals surface area contributed by atoms with Gasteiger partial charge in [0.2, 0.25) is 17.7 Å². The highest BCUT2D eigenvalue weighted by molar-refractivity contribution is 5.96. The van der Waals surface area contributed by atoms with Gasteiger partial charge in [-0.3, -0.25) is 4.79 Å². The molecule has 13 heteroatoms. The maximum absolute atomic E-state index is 13.3. The number of alkyl halides is 3. The van der Waals surface area contributed by atoms with E-state index in [1.807, 2.05) is 11.0 Å². The van der Waals surface area contributed by atoms with Crippen LogP contribution in [0.3, 0.4) is 0 Å². The number of methoxy groups -OCH3 is 1. The quantitative estimate of drug-likeness (QED) is 0.507. The number of halogens is 3. The highest BCUT2D eigenvalue weighted by Crippen LogP contribution is 2.34. The lowest BCUT2D eigenvalue weighted by Gasteiger charge is -2.19. The Balaban J connectivity index is 2.23. The molecule has 0 unspecified atom stereocenters. The molecule has 4 N–H and O–H groups in total. The van der Waals surface area contributed by atoms with E-state index >= 15 is 0 Å². The zero-order valence-electron chi connectivity index (χ0n) is 18.4. The average molecular weight is 467 g/mol. The minimum absolute atomic E-state index is 0.00172. The van der Waals surface area contributed by atoms with Crippen LogP contribution < -0.4 is 25.8 Å². The van der Waals surface area contributed by atoms with Gasteiger partial charge in [-0.15, -0.1) is 0 Å². The lowest BCUT2D eigenvalue weighted by molar-refractivity contribution is -0.137. The van der Waals surface area contributed by atoms with Gasteiger partial charge in [0.05, 0.1) is 12.7 Å². The molecule has 33 heavy (non-hydrogen) atoms. The zero-order chi connectivity index (χ0) is 24.8. The summed E-state index contributed by atoms with van der Waals surface area (Å²) in [4.78, 5) is 22.0. The van der Waals surface area contributed by atoms with Crippen molar-refractivity contribution in [3.63, 3.8) is 0 Å². The Hall–Kier alpha value is -3.79. The standard InChI is InChI=1S/C20H24F3N7O3/c1-11(17(31)27-16-15(10-24)18(32-4)29-19(25)28-16)26-13-7-12(20(21,22)23)8-14(9-13)33-6-5-30(2)3/h7-9,11,26H,5-6H2,1-4H3,(H3,25,27,28,29,31)/t11-/m0/s1. The summed E-state index contributed by atoms with van der Waals surface area (Å²) >= 11 is 0. The van der Waals surface area contributed by atoms with E-state index in [-0.39, 0.29) is 41.3 Å². The molecule has 0 saturated carbocycles. The highest BCUT2D eigenvalue weighted by atomic mass is 19.4. The Bertz CT molecular complexity index is 1040. The molecule has 10 nitrogen and oxygen atoms in total. The first-order chi connectivity index (χ1) is 15.4. The van der Waals surface area contributed by atoms with Crippen molar-refractivity contribution in [2.75, 3.05) is 50.7 Å². The molecule has 1 heterocycles. The van der Waals surface area contributed by atoms with Crippen LogP contribution in [0.5, 0.6) is 11.6 Å². The van der Waals surface area contributed by atoms with Gasteiger partial charge in [-0.1, -0.05) is 0 Å². The number of benzene rings is 1. The maximum atomic E-state index is 13.3. The van der Waals surface area contributed by atoms with E-state index in [9.17, 15) is 23.2 Å². The largest absolute Gasteiger partial charge is 0.492 e. The van der Waals surface area contributed by atoms with Gasteiger partial charge in [0, 0.05) is 18.3 Å². The minimum atomic E-state index is -4.61. The van der Waals surface area contributed by atoms with Crippen LogP contribution in [0.15, 0.2) is 18.2 Å². The number of carbonyl (C=O) groups excluding carboxylic acids is 1. The van der Waals surface area contributed by atoms with Crippen molar-refractivity contribution in [3.8, 4) is 17.7 Å². The average Bonchev–Trinajstić information content (AvgIpc) is 2.72. The van der Waals surface area contributed by atoms with E-state index in [0.29, 0.717) is 6.54 Å². The van der Waals surface area contributed by atoms with Crippen molar-refractivity contribution < 1.29 is 27.4 Å². The van der Waals surface area contributed by atoms with Crippen LogP contribution in [-0.2, 0) is 11.0 Å². The van der Waals surface area contributed by atoms with Crippen LogP contribution >= 0.6 is 0 Å². The first-order valence-electron chi connectivity index (χ1n) is 9.63. The summed E-state index contributed by atoms with van der Waals surface area (Å²) < 4.78 is 50.4. The van der Waals surface area contributed by atoms with E-state index < -0.39 is 23.7 Å². The van der Waals surface area contributed by atoms with Gasteiger partial charge < -0.3 is 30.7 Å². The first-order valence-corrected chi connectivity index (χ1v) is 9.63. The van der Waals surface area contributed by atoms with Crippen molar-refractivity contribution in [3.05, 3.63) is 29.3 Å². The monoisotopic (exact) mass is 467 g/mol. The third kappa shape index (κ3) is 7.11. The smallest absolute Gasteiger partial charge is 0.416 e. The third-order valence-electron chi connectivity index (χ3n) is 4.26. The van der Waals surface area contributed by atoms with Crippen LogP contribution in [0.1, 0.15) is 18.1 Å². The summed E-state index contributed by atoms with van der Waals surface area (Å²) in [6.07, 6.45) is -4.61. The second kappa shape index (κ2) is 10.7. The van der Waals surface area contributed by atoms with E-state index in [1.54, 1.807) is 14.1 Å². The zero-order valence-corrected chi connectivity index (χ0v) is 18.4. The Kier molecular flexibility index (Phi) is 8.25. The number of carbonyl (C=O) groups is 1. The van der Waals surface area contributed by atoms with Crippen molar-refractivity contribution in [2.24, 2.45) is 0 Å². The van der Waals surface area contributed by atoms with Gasteiger partial charge in [-0.2, -0.15) is 28.4 Å². The van der Waals surface area contributed by atoms with E-state index in [4.69, 9.17) is 15.2 Å². The number of amides is 1. The number of nitrogen functional groups attached to an aromatic ring is 1. The van der Waals surface area contributed by atoms with Crippen LogP contribution in [0, 0.1) is 11.3 Å². The number of aromatic nitrogens is 2. The summed E-state index contributed by atoms with van der Waals surface area (Å²) in [5.41, 5.74) is 4.50. The molecule has 1 amide bonds. The number of hydrogen-bond donors (Lipinski definition) is 3. The number of hydrogen-bond acceptors (Lipinski definition) is 9. The number of likely N-dealkylation sites (N-methyl/N-ethyl adjacent to an activating group) is 1. The van der Waals surface area contributed by atoms with E-state index in [0.717, 1.165) is 12.1 Å². The van der Waals surface area contributed by atoms with Crippen LogP contribution in [0.2, 0.25) is 0 Å². The number of nitrogens with zero attached hydrogens (tertiary/aromatic N) is 4. The van der Waals surface area contributed by atoms with Crippen LogP contribution in [-0.4, -0.2) is 61.2 Å². The molecular formula is C20H24F3N7O3. The lowest BCUT2D eigenvalue weighted by atomic mass is 10.1. The van der Waals surface area contributed by atoms with E-state index in [2.05, 4.69) is 20.6 Å². The topological polar surface area (TPSA) is 138 Å². The molecule has 2 aromatic rings. The lowest BCUT2D eigenvalue weighted by Crippen LogP contribution is -2.32. The summed E-state index contributed by atoms with van der Waals surface area (Å²) in [5.74, 6) is -1.23. The van der Waals surface area contributed by atoms with Gasteiger partial charge >= 0.3 is 6.18 Å². The molecule has 0 saturated heterocycles. The Labute approximate surface area is 188 Å². The van der Waals surface area contributed by atoms with Gasteiger partial charge in [-0.05, 0) is 33.2 Å². The molecule has 0 aliphatic heterocycles. The number of anilines is 3. The molecular weight excluding hydrogens is 443 g/mol. The number of nitriles is 1. The molecule has 0 aliphatic carbocycles. The molecule has 0 bridgehead atoms. The summed E-state index contributed by atoms with van der Waals surface area (Å²) in [5, 5.41) is 14.4. The predicted molar refractivity (Wildman–Crippen MR) is 115 cm³/mol. The Morgan fingerprint density at radius 3 is 2.58 bits per heavy atom. The van der Waals surface area contributed by atoms with Gasteiger partial charge in [0.25, 0.3) is 0 Å². The molecule has 1 aromatic carbocycles.